The molecule has 0 bridgehead atoms. The van der Waals surface area contributed by atoms with E-state index in [9.17, 15) is 9.59 Å². The normalized spacial score (nSPS) is 11.0. The molecule has 1 heterocycles. The van der Waals surface area contributed by atoms with E-state index in [-0.39, 0.29) is 24.4 Å². The Morgan fingerprint density at radius 1 is 1.29 bits per heavy atom. The SMILES string of the molecule is CCN(CC(=O)NC(C)C)C(=O)/C=C/c1ccc(OCc2csc(C)n2)cc1. The lowest BCUT2D eigenvalue weighted by Crippen LogP contribution is -2.42. The molecule has 1 N–H and O–H groups in total. The number of thiazole rings is 1. The van der Waals surface area contributed by atoms with E-state index < -0.39 is 0 Å². The van der Waals surface area contributed by atoms with E-state index in [0.29, 0.717) is 13.2 Å². The Morgan fingerprint density at radius 3 is 2.57 bits per heavy atom. The number of aryl methyl sites for hydroxylation is 1. The van der Waals surface area contributed by atoms with Crippen LogP contribution in [0.25, 0.3) is 6.08 Å². The number of likely N-dealkylation sites (N-methyl/N-ethyl adjacent to an activating group) is 1. The molecule has 1 aromatic heterocycles. The van der Waals surface area contributed by atoms with E-state index in [0.717, 1.165) is 22.0 Å². The highest BCUT2D eigenvalue weighted by Crippen LogP contribution is 2.16. The molecule has 2 rings (SSSR count). The van der Waals surface area contributed by atoms with Crippen LogP contribution < -0.4 is 10.1 Å². The van der Waals surface area contributed by atoms with Crippen molar-refractivity contribution in [3.05, 3.63) is 52.0 Å². The van der Waals surface area contributed by atoms with Gasteiger partial charge in [-0.15, -0.1) is 11.3 Å². The zero-order valence-corrected chi connectivity index (χ0v) is 17.6. The van der Waals surface area contributed by atoms with E-state index in [4.69, 9.17) is 4.74 Å². The van der Waals surface area contributed by atoms with Crippen molar-refractivity contribution in [1.29, 1.82) is 0 Å². The third-order valence-corrected chi connectivity index (χ3v) is 4.65. The van der Waals surface area contributed by atoms with Gasteiger partial charge >= 0.3 is 0 Å². The molecule has 2 aromatic rings. The van der Waals surface area contributed by atoms with Crippen molar-refractivity contribution in [2.45, 2.75) is 40.3 Å². The van der Waals surface area contributed by atoms with Gasteiger partial charge in [0.1, 0.15) is 12.4 Å². The Morgan fingerprint density at radius 2 is 2.00 bits per heavy atom. The maximum Gasteiger partial charge on any atom is 0.247 e. The zero-order valence-electron chi connectivity index (χ0n) is 16.8. The molecule has 0 atom stereocenters. The number of rotatable bonds is 9. The van der Waals surface area contributed by atoms with Crippen LogP contribution in [0.1, 0.15) is 37.0 Å². The summed E-state index contributed by atoms with van der Waals surface area (Å²) in [6.07, 6.45) is 3.22. The van der Waals surface area contributed by atoms with Gasteiger partial charge in [-0.05, 0) is 51.5 Å². The summed E-state index contributed by atoms with van der Waals surface area (Å²) in [4.78, 5) is 30.0. The molecule has 0 unspecified atom stereocenters. The van der Waals surface area contributed by atoms with Crippen LogP contribution in [0, 0.1) is 6.92 Å². The number of nitrogens with one attached hydrogen (secondary N) is 1. The number of hydrogen-bond donors (Lipinski definition) is 1. The van der Waals surface area contributed by atoms with Gasteiger partial charge < -0.3 is 15.0 Å². The Balaban J connectivity index is 1.87. The fourth-order valence-corrected chi connectivity index (χ4v) is 3.06. The topological polar surface area (TPSA) is 71.5 Å². The van der Waals surface area contributed by atoms with Gasteiger partial charge in [0.05, 0.1) is 17.2 Å². The highest BCUT2D eigenvalue weighted by molar-refractivity contribution is 7.09. The molecule has 1 aromatic carbocycles. The van der Waals surface area contributed by atoms with Crippen molar-refractivity contribution in [3.63, 3.8) is 0 Å². The molecule has 2 amide bonds. The van der Waals surface area contributed by atoms with Crippen LogP contribution >= 0.6 is 11.3 Å². The first kappa shape index (κ1) is 21.6. The highest BCUT2D eigenvalue weighted by atomic mass is 32.1. The molecular formula is C21H27N3O3S. The van der Waals surface area contributed by atoms with Crippen molar-refractivity contribution >= 4 is 29.2 Å². The van der Waals surface area contributed by atoms with Crippen molar-refractivity contribution in [2.75, 3.05) is 13.1 Å². The molecule has 0 aliphatic rings. The van der Waals surface area contributed by atoms with Gasteiger partial charge in [-0.3, -0.25) is 9.59 Å². The van der Waals surface area contributed by atoms with E-state index in [2.05, 4.69) is 10.3 Å². The quantitative estimate of drug-likeness (QED) is 0.654. The summed E-state index contributed by atoms with van der Waals surface area (Å²) in [6, 6.07) is 7.53. The molecule has 0 fully saturated rings. The van der Waals surface area contributed by atoms with E-state index in [1.54, 1.807) is 17.4 Å². The Hall–Kier alpha value is -2.67. The second-order valence-corrected chi connectivity index (χ2v) is 7.69. The van der Waals surface area contributed by atoms with Crippen molar-refractivity contribution < 1.29 is 14.3 Å². The largest absolute Gasteiger partial charge is 0.487 e. The summed E-state index contributed by atoms with van der Waals surface area (Å²) >= 11 is 1.60. The summed E-state index contributed by atoms with van der Waals surface area (Å²) < 4.78 is 5.72. The van der Waals surface area contributed by atoms with Gasteiger partial charge in [-0.25, -0.2) is 4.98 Å². The number of hydrogen-bond acceptors (Lipinski definition) is 5. The number of carbonyl (C=O) groups excluding carboxylic acids is 2. The molecular weight excluding hydrogens is 374 g/mol. The predicted molar refractivity (Wildman–Crippen MR) is 112 cm³/mol. The molecule has 0 saturated heterocycles. The zero-order chi connectivity index (χ0) is 20.5. The highest BCUT2D eigenvalue weighted by Gasteiger charge is 2.13. The fourth-order valence-electron chi connectivity index (χ4n) is 2.47. The van der Waals surface area contributed by atoms with Crippen LogP contribution in [0.4, 0.5) is 0 Å². The van der Waals surface area contributed by atoms with Gasteiger partial charge in [0.2, 0.25) is 11.8 Å². The number of benzene rings is 1. The van der Waals surface area contributed by atoms with E-state index in [1.165, 1.54) is 11.0 Å². The molecule has 28 heavy (non-hydrogen) atoms. The molecule has 150 valence electrons. The number of amides is 2. The Bertz CT molecular complexity index is 813. The summed E-state index contributed by atoms with van der Waals surface area (Å²) in [5, 5.41) is 5.80. The summed E-state index contributed by atoms with van der Waals surface area (Å²) in [7, 11) is 0. The molecule has 0 radical (unpaired) electrons. The monoisotopic (exact) mass is 401 g/mol. The van der Waals surface area contributed by atoms with Crippen molar-refractivity contribution in [2.24, 2.45) is 0 Å². The maximum absolute atomic E-state index is 12.3. The first-order valence-corrected chi connectivity index (χ1v) is 10.2. The van der Waals surface area contributed by atoms with Crippen molar-refractivity contribution in [3.8, 4) is 5.75 Å². The van der Waals surface area contributed by atoms with Gasteiger partial charge in [0.25, 0.3) is 0 Å². The molecule has 0 saturated carbocycles. The lowest BCUT2D eigenvalue weighted by Gasteiger charge is -2.19. The fraction of sp³-hybridized carbons (Fsp3) is 0.381. The third kappa shape index (κ3) is 7.15. The van der Waals surface area contributed by atoms with Gasteiger partial charge in [0, 0.05) is 24.0 Å². The Labute approximate surface area is 170 Å². The third-order valence-electron chi connectivity index (χ3n) is 3.83. The van der Waals surface area contributed by atoms with Crippen LogP contribution in [0.15, 0.2) is 35.7 Å². The first-order valence-electron chi connectivity index (χ1n) is 9.27. The number of aromatic nitrogens is 1. The van der Waals surface area contributed by atoms with Gasteiger partial charge in [-0.1, -0.05) is 12.1 Å². The first-order chi connectivity index (χ1) is 13.4. The van der Waals surface area contributed by atoms with Gasteiger partial charge in [-0.2, -0.15) is 0 Å². The minimum Gasteiger partial charge on any atom is -0.487 e. The number of ether oxygens (including phenoxy) is 1. The predicted octanol–water partition coefficient (Wildman–Crippen LogP) is 3.42. The number of carbonyl (C=O) groups is 2. The van der Waals surface area contributed by atoms with Gasteiger partial charge in [0.15, 0.2) is 0 Å². The average molecular weight is 402 g/mol. The lowest BCUT2D eigenvalue weighted by molar-refractivity contribution is -0.132. The number of nitrogens with zero attached hydrogens (tertiary/aromatic N) is 2. The minimum atomic E-state index is -0.194. The molecule has 0 spiro atoms. The van der Waals surface area contributed by atoms with E-state index in [1.807, 2.05) is 57.3 Å². The minimum absolute atomic E-state index is 0.0529. The second-order valence-electron chi connectivity index (χ2n) is 6.62. The summed E-state index contributed by atoms with van der Waals surface area (Å²) in [5.74, 6) is 0.394. The van der Waals surface area contributed by atoms with Crippen LogP contribution in [0.3, 0.4) is 0 Å². The summed E-state index contributed by atoms with van der Waals surface area (Å²) in [5.41, 5.74) is 1.80. The van der Waals surface area contributed by atoms with Crippen LogP contribution in [0.5, 0.6) is 5.75 Å². The molecule has 7 heteroatoms. The standard InChI is InChI=1S/C21H27N3O3S/c1-5-24(12-20(25)22-15(2)3)21(26)11-8-17-6-9-19(10-7-17)27-13-18-14-28-16(4)23-18/h6-11,14-15H,5,12-13H2,1-4H3,(H,22,25)/b11-8+. The summed E-state index contributed by atoms with van der Waals surface area (Å²) in [6.45, 7) is 8.56. The van der Waals surface area contributed by atoms with Crippen LogP contribution in [-0.4, -0.2) is 40.8 Å². The molecule has 0 aliphatic heterocycles. The lowest BCUT2D eigenvalue weighted by atomic mass is 10.2. The molecule has 6 nitrogen and oxygen atoms in total. The molecule has 0 aliphatic carbocycles. The maximum atomic E-state index is 12.3. The average Bonchev–Trinajstić information content (AvgIpc) is 3.08. The second kappa shape index (κ2) is 10.6. The smallest absolute Gasteiger partial charge is 0.247 e. The Kier molecular flexibility index (Phi) is 8.19. The van der Waals surface area contributed by atoms with Crippen LogP contribution in [-0.2, 0) is 16.2 Å². The van der Waals surface area contributed by atoms with Crippen LogP contribution in [0.2, 0.25) is 0 Å². The van der Waals surface area contributed by atoms with E-state index >= 15 is 0 Å². The van der Waals surface area contributed by atoms with Crippen molar-refractivity contribution in [1.82, 2.24) is 15.2 Å².